The molecule has 5 heteroatoms. The molecule has 3 N–H and O–H groups in total. The van der Waals surface area contributed by atoms with E-state index in [0.29, 0.717) is 6.61 Å². The Morgan fingerprint density at radius 3 is 2.65 bits per heavy atom. The van der Waals surface area contributed by atoms with Crippen LogP contribution in [0.1, 0.15) is 16.7 Å². The number of nitrogens with two attached hydrogens (primary N) is 1. The van der Waals surface area contributed by atoms with Crippen molar-refractivity contribution < 1.29 is 14.3 Å². The molecule has 0 heterocycles. The summed E-state index contributed by atoms with van der Waals surface area (Å²) in [5.41, 5.74) is 5.24. The average Bonchev–Trinajstić information content (AvgIpc) is 2.34. The summed E-state index contributed by atoms with van der Waals surface area (Å²) in [4.78, 5) is 10.9. The van der Waals surface area contributed by atoms with Gasteiger partial charge in [0.2, 0.25) is 0 Å². The first kappa shape index (κ1) is 13.5. The van der Waals surface area contributed by atoms with Crippen molar-refractivity contribution in [3.8, 4) is 5.75 Å². The number of hydrogen-bond acceptors (Lipinski definition) is 4. The quantitative estimate of drug-likeness (QED) is 0.452. The third kappa shape index (κ3) is 3.44. The maximum absolute atomic E-state index is 10.9. The minimum Gasteiger partial charge on any atom is -0.496 e. The monoisotopic (exact) mass is 238 g/mol. The maximum atomic E-state index is 10.9. The molecule has 0 radical (unpaired) electrons. The van der Waals surface area contributed by atoms with Crippen molar-refractivity contribution in [2.45, 2.75) is 20.5 Å². The number of hydrazine groups is 1. The summed E-state index contributed by atoms with van der Waals surface area (Å²) in [7, 11) is 1.64. The van der Waals surface area contributed by atoms with Crippen LogP contribution in [0.4, 0.5) is 0 Å². The molecule has 94 valence electrons. The van der Waals surface area contributed by atoms with Crippen LogP contribution in [0, 0.1) is 13.8 Å². The van der Waals surface area contributed by atoms with E-state index in [1.54, 1.807) is 7.11 Å². The predicted octanol–water partition coefficient (Wildman–Crippen LogP) is 0.819. The molecule has 5 nitrogen and oxygen atoms in total. The highest BCUT2D eigenvalue weighted by atomic mass is 16.5. The van der Waals surface area contributed by atoms with E-state index in [4.69, 9.17) is 15.3 Å². The molecule has 0 fully saturated rings. The summed E-state index contributed by atoms with van der Waals surface area (Å²) >= 11 is 0. The standard InChI is InChI=1S/C12H18N2O3/c1-8-9(2)11(16-3)5-4-10(8)6-17-7-12(15)14-13/h4-5H,6-7,13H2,1-3H3,(H,14,15). The Morgan fingerprint density at radius 2 is 2.06 bits per heavy atom. The Labute approximate surface area is 101 Å². The number of rotatable bonds is 5. The van der Waals surface area contributed by atoms with E-state index in [1.165, 1.54) is 0 Å². The second kappa shape index (κ2) is 6.22. The van der Waals surface area contributed by atoms with E-state index in [1.807, 2.05) is 31.4 Å². The zero-order chi connectivity index (χ0) is 12.8. The van der Waals surface area contributed by atoms with Crippen LogP contribution in [0.5, 0.6) is 5.75 Å². The van der Waals surface area contributed by atoms with Gasteiger partial charge in [-0.05, 0) is 36.6 Å². The summed E-state index contributed by atoms with van der Waals surface area (Å²) in [6.07, 6.45) is 0. The fraction of sp³-hybridized carbons (Fsp3) is 0.417. The average molecular weight is 238 g/mol. The van der Waals surface area contributed by atoms with Crippen LogP contribution in [0.3, 0.4) is 0 Å². The summed E-state index contributed by atoms with van der Waals surface area (Å²) in [5, 5.41) is 0. The first-order valence-electron chi connectivity index (χ1n) is 5.30. The third-order valence-corrected chi connectivity index (χ3v) is 2.72. The van der Waals surface area contributed by atoms with Crippen molar-refractivity contribution >= 4 is 5.91 Å². The van der Waals surface area contributed by atoms with Gasteiger partial charge in [0.25, 0.3) is 5.91 Å². The van der Waals surface area contributed by atoms with Crippen LogP contribution in [0.2, 0.25) is 0 Å². The minimum absolute atomic E-state index is 0.0407. The molecule has 0 saturated heterocycles. The van der Waals surface area contributed by atoms with Gasteiger partial charge in [0, 0.05) is 0 Å². The Bertz CT molecular complexity index is 405. The lowest BCUT2D eigenvalue weighted by atomic mass is 10.0. The van der Waals surface area contributed by atoms with Crippen molar-refractivity contribution in [3.05, 3.63) is 28.8 Å². The van der Waals surface area contributed by atoms with Crippen molar-refractivity contribution in [3.63, 3.8) is 0 Å². The van der Waals surface area contributed by atoms with E-state index < -0.39 is 0 Å². The lowest BCUT2D eigenvalue weighted by Gasteiger charge is -2.12. The molecule has 0 saturated carbocycles. The molecular formula is C12H18N2O3. The summed E-state index contributed by atoms with van der Waals surface area (Å²) in [6, 6.07) is 3.82. The summed E-state index contributed by atoms with van der Waals surface area (Å²) in [5.74, 6) is 5.46. The molecule has 0 atom stereocenters. The number of nitrogens with one attached hydrogen (secondary N) is 1. The molecule has 0 aliphatic rings. The molecular weight excluding hydrogens is 220 g/mol. The number of ether oxygens (including phenoxy) is 2. The van der Waals surface area contributed by atoms with Gasteiger partial charge >= 0.3 is 0 Å². The molecule has 1 aromatic carbocycles. The van der Waals surface area contributed by atoms with Crippen LogP contribution >= 0.6 is 0 Å². The highest BCUT2D eigenvalue weighted by Gasteiger charge is 2.07. The highest BCUT2D eigenvalue weighted by molar-refractivity contribution is 5.76. The summed E-state index contributed by atoms with van der Waals surface area (Å²) < 4.78 is 10.5. The lowest BCUT2D eigenvalue weighted by Crippen LogP contribution is -2.33. The first-order valence-corrected chi connectivity index (χ1v) is 5.30. The van der Waals surface area contributed by atoms with Gasteiger partial charge in [-0.2, -0.15) is 0 Å². The van der Waals surface area contributed by atoms with Gasteiger partial charge in [0.1, 0.15) is 12.4 Å². The van der Waals surface area contributed by atoms with E-state index in [2.05, 4.69) is 0 Å². The Balaban J connectivity index is 2.66. The smallest absolute Gasteiger partial charge is 0.259 e. The third-order valence-electron chi connectivity index (χ3n) is 2.72. The van der Waals surface area contributed by atoms with Crippen molar-refractivity contribution in [2.24, 2.45) is 5.84 Å². The van der Waals surface area contributed by atoms with E-state index in [-0.39, 0.29) is 12.5 Å². The molecule has 1 rings (SSSR count). The summed E-state index contributed by atoms with van der Waals surface area (Å²) in [6.45, 7) is 4.33. The lowest BCUT2D eigenvalue weighted by molar-refractivity contribution is -0.126. The van der Waals surface area contributed by atoms with Crippen LogP contribution in [0.25, 0.3) is 0 Å². The molecule has 17 heavy (non-hydrogen) atoms. The maximum Gasteiger partial charge on any atom is 0.259 e. The van der Waals surface area contributed by atoms with Gasteiger partial charge in [-0.25, -0.2) is 5.84 Å². The van der Waals surface area contributed by atoms with E-state index in [0.717, 1.165) is 22.4 Å². The van der Waals surface area contributed by atoms with Crippen LogP contribution in [-0.2, 0) is 16.1 Å². The molecule has 0 spiro atoms. The van der Waals surface area contributed by atoms with E-state index >= 15 is 0 Å². The SMILES string of the molecule is COc1ccc(COCC(=O)NN)c(C)c1C. The molecule has 0 unspecified atom stereocenters. The molecule has 0 aromatic heterocycles. The van der Waals surface area contributed by atoms with Crippen LogP contribution < -0.4 is 16.0 Å². The zero-order valence-electron chi connectivity index (χ0n) is 10.4. The van der Waals surface area contributed by atoms with Crippen molar-refractivity contribution in [1.29, 1.82) is 0 Å². The zero-order valence-corrected chi connectivity index (χ0v) is 10.4. The van der Waals surface area contributed by atoms with Gasteiger partial charge in [-0.1, -0.05) is 6.07 Å². The first-order chi connectivity index (χ1) is 8.10. The van der Waals surface area contributed by atoms with Gasteiger partial charge in [0.15, 0.2) is 0 Å². The van der Waals surface area contributed by atoms with Crippen LogP contribution in [0.15, 0.2) is 12.1 Å². The second-order valence-corrected chi connectivity index (χ2v) is 3.74. The van der Waals surface area contributed by atoms with E-state index in [9.17, 15) is 4.79 Å². The number of methoxy groups -OCH3 is 1. The van der Waals surface area contributed by atoms with Crippen molar-refractivity contribution in [2.75, 3.05) is 13.7 Å². The molecule has 0 bridgehead atoms. The number of benzene rings is 1. The fourth-order valence-electron chi connectivity index (χ4n) is 1.52. The molecule has 1 aromatic rings. The largest absolute Gasteiger partial charge is 0.496 e. The normalized spacial score (nSPS) is 10.1. The number of amides is 1. The number of carbonyl (C=O) groups is 1. The van der Waals surface area contributed by atoms with Crippen LogP contribution in [-0.4, -0.2) is 19.6 Å². The van der Waals surface area contributed by atoms with Gasteiger partial charge in [0.05, 0.1) is 13.7 Å². The Kier molecular flexibility index (Phi) is 4.93. The highest BCUT2D eigenvalue weighted by Crippen LogP contribution is 2.24. The molecule has 0 aliphatic carbocycles. The predicted molar refractivity (Wildman–Crippen MR) is 64.5 cm³/mol. The van der Waals surface area contributed by atoms with Gasteiger partial charge in [-0.3, -0.25) is 10.2 Å². The topological polar surface area (TPSA) is 73.6 Å². The second-order valence-electron chi connectivity index (χ2n) is 3.74. The molecule has 1 amide bonds. The van der Waals surface area contributed by atoms with Gasteiger partial charge in [-0.15, -0.1) is 0 Å². The fourth-order valence-corrected chi connectivity index (χ4v) is 1.52. The van der Waals surface area contributed by atoms with Gasteiger partial charge < -0.3 is 9.47 Å². The minimum atomic E-state index is -0.340. The molecule has 0 aliphatic heterocycles. The number of carbonyl (C=O) groups excluding carboxylic acids is 1. The Morgan fingerprint density at radius 1 is 1.35 bits per heavy atom. The van der Waals surface area contributed by atoms with Crippen molar-refractivity contribution in [1.82, 2.24) is 5.43 Å². The Hall–Kier alpha value is -1.59. The number of hydrogen-bond donors (Lipinski definition) is 2.